The molecule has 0 fully saturated rings. The van der Waals surface area contributed by atoms with Crippen LogP contribution in [0.4, 0.5) is 0 Å². The molecule has 0 spiro atoms. The van der Waals surface area contributed by atoms with Gasteiger partial charge in [0.05, 0.1) is 32.3 Å². The summed E-state index contributed by atoms with van der Waals surface area (Å²) < 4.78 is 10.4. The molecule has 1 aromatic carbocycles. The Kier molecular flexibility index (Phi) is 4.11. The van der Waals surface area contributed by atoms with E-state index in [2.05, 4.69) is 0 Å². The first-order chi connectivity index (χ1) is 8.06. The Hall–Kier alpha value is -2.02. The predicted octanol–water partition coefficient (Wildman–Crippen LogP) is 2.42. The Balaban J connectivity index is 3.43. The average molecular weight is 233 g/mol. The number of carbonyl (C=O) groups is 1. The number of hydrogen-bond acceptors (Lipinski definition) is 4. The molecule has 4 heteroatoms. The van der Waals surface area contributed by atoms with Crippen molar-refractivity contribution in [3.63, 3.8) is 0 Å². The normalized spacial score (nSPS) is 9.59. The quantitative estimate of drug-likeness (QED) is 0.749. The summed E-state index contributed by atoms with van der Waals surface area (Å²) in [5.74, 6) is 0.888. The minimum atomic E-state index is -0.259. The zero-order valence-electron chi connectivity index (χ0n) is 10.5. The molecule has 0 saturated heterocycles. The highest BCUT2D eigenvalue weighted by Crippen LogP contribution is 2.33. The van der Waals surface area contributed by atoms with Gasteiger partial charge in [-0.2, -0.15) is 5.26 Å². The van der Waals surface area contributed by atoms with Crippen LogP contribution in [-0.2, 0) is 0 Å². The highest BCUT2D eigenvalue weighted by Gasteiger charge is 2.18. The first-order valence-electron chi connectivity index (χ1n) is 5.19. The summed E-state index contributed by atoms with van der Waals surface area (Å²) in [6, 6.07) is 3.47. The van der Waals surface area contributed by atoms with Gasteiger partial charge < -0.3 is 9.47 Å². The number of hydrogen-bond donors (Lipinski definition) is 0. The number of rotatable bonds is 4. The van der Waals surface area contributed by atoms with Crippen molar-refractivity contribution >= 4 is 5.78 Å². The third-order valence-electron chi connectivity index (χ3n) is 2.76. The van der Waals surface area contributed by atoms with Crippen LogP contribution in [0.15, 0.2) is 6.07 Å². The van der Waals surface area contributed by atoms with Crippen molar-refractivity contribution in [2.24, 2.45) is 0 Å². The molecule has 0 bridgehead atoms. The van der Waals surface area contributed by atoms with E-state index in [1.165, 1.54) is 7.11 Å². The second kappa shape index (κ2) is 5.35. The van der Waals surface area contributed by atoms with Crippen LogP contribution >= 0.6 is 0 Å². The van der Waals surface area contributed by atoms with Gasteiger partial charge in [0.15, 0.2) is 5.78 Å². The molecular weight excluding hydrogens is 218 g/mol. The van der Waals surface area contributed by atoms with Gasteiger partial charge in [0.1, 0.15) is 11.5 Å². The highest BCUT2D eigenvalue weighted by molar-refractivity contribution is 6.00. The maximum Gasteiger partial charge on any atom is 0.180 e. The third-order valence-corrected chi connectivity index (χ3v) is 2.76. The molecule has 0 N–H and O–H groups in total. The van der Waals surface area contributed by atoms with E-state index in [1.54, 1.807) is 13.2 Å². The van der Waals surface area contributed by atoms with Gasteiger partial charge in [0, 0.05) is 0 Å². The van der Waals surface area contributed by atoms with E-state index in [0.29, 0.717) is 17.1 Å². The van der Waals surface area contributed by atoms with Crippen LogP contribution in [0.5, 0.6) is 11.5 Å². The number of nitrogens with zero attached hydrogens (tertiary/aromatic N) is 1. The highest BCUT2D eigenvalue weighted by atomic mass is 16.5. The Labute approximate surface area is 101 Å². The lowest BCUT2D eigenvalue weighted by atomic mass is 9.99. The monoisotopic (exact) mass is 233 g/mol. The van der Waals surface area contributed by atoms with Crippen molar-refractivity contribution in [3.05, 3.63) is 22.8 Å². The minimum absolute atomic E-state index is 0.165. The molecule has 0 aliphatic heterocycles. The van der Waals surface area contributed by atoms with Crippen molar-refractivity contribution in [1.82, 2.24) is 0 Å². The Morgan fingerprint density at radius 2 is 1.94 bits per heavy atom. The zero-order valence-corrected chi connectivity index (χ0v) is 10.5. The molecule has 0 aliphatic carbocycles. The average Bonchev–Trinajstić information content (AvgIpc) is 2.32. The topological polar surface area (TPSA) is 59.3 Å². The molecule has 0 aliphatic rings. The second-order valence-corrected chi connectivity index (χ2v) is 3.67. The van der Waals surface area contributed by atoms with Crippen LogP contribution in [-0.4, -0.2) is 20.0 Å². The van der Waals surface area contributed by atoms with E-state index in [0.717, 1.165) is 11.1 Å². The summed E-state index contributed by atoms with van der Waals surface area (Å²) in [6.07, 6.45) is -0.165. The Morgan fingerprint density at radius 1 is 1.29 bits per heavy atom. The summed E-state index contributed by atoms with van der Waals surface area (Å²) in [6.45, 7) is 3.76. The zero-order chi connectivity index (χ0) is 13.0. The molecule has 0 aromatic heterocycles. The van der Waals surface area contributed by atoms with Crippen LogP contribution in [0.1, 0.15) is 27.9 Å². The third kappa shape index (κ3) is 2.39. The first kappa shape index (κ1) is 13.0. The van der Waals surface area contributed by atoms with Crippen LogP contribution in [0, 0.1) is 25.2 Å². The SMILES string of the molecule is COc1cc(C(=O)CC#N)c(OC)c(C)c1C. The first-order valence-corrected chi connectivity index (χ1v) is 5.19. The van der Waals surface area contributed by atoms with Crippen LogP contribution in [0.3, 0.4) is 0 Å². The lowest BCUT2D eigenvalue weighted by Gasteiger charge is -2.15. The van der Waals surface area contributed by atoms with Gasteiger partial charge >= 0.3 is 0 Å². The molecule has 0 radical (unpaired) electrons. The van der Waals surface area contributed by atoms with Gasteiger partial charge in [-0.05, 0) is 31.0 Å². The predicted molar refractivity (Wildman–Crippen MR) is 63.6 cm³/mol. The fraction of sp³-hybridized carbons (Fsp3) is 0.385. The number of Topliss-reactive ketones (excluding diaryl/α,β-unsaturated/α-hetero) is 1. The van der Waals surface area contributed by atoms with Crippen LogP contribution < -0.4 is 9.47 Å². The van der Waals surface area contributed by atoms with Crippen molar-refractivity contribution in [2.75, 3.05) is 14.2 Å². The lowest BCUT2D eigenvalue weighted by molar-refractivity contribution is 0.0994. The van der Waals surface area contributed by atoms with E-state index in [1.807, 2.05) is 19.9 Å². The Bertz CT molecular complexity index is 486. The lowest BCUT2D eigenvalue weighted by Crippen LogP contribution is -2.05. The van der Waals surface area contributed by atoms with Crippen LogP contribution in [0.25, 0.3) is 0 Å². The van der Waals surface area contributed by atoms with Crippen molar-refractivity contribution in [2.45, 2.75) is 20.3 Å². The summed E-state index contributed by atoms with van der Waals surface area (Å²) in [5.41, 5.74) is 2.18. The van der Waals surface area contributed by atoms with Gasteiger partial charge in [-0.3, -0.25) is 4.79 Å². The number of ketones is 1. The molecule has 0 unspecified atom stereocenters. The van der Waals surface area contributed by atoms with Crippen molar-refractivity contribution in [1.29, 1.82) is 5.26 Å². The molecule has 90 valence electrons. The summed E-state index contributed by atoms with van der Waals surface area (Å²) in [5, 5.41) is 8.57. The molecule has 4 nitrogen and oxygen atoms in total. The van der Waals surface area contributed by atoms with Crippen molar-refractivity contribution in [3.8, 4) is 17.6 Å². The standard InChI is InChI=1S/C13H15NO3/c1-8-9(2)13(17-4)10(7-12(8)16-3)11(15)5-6-14/h7H,5H2,1-4H3. The molecule has 17 heavy (non-hydrogen) atoms. The largest absolute Gasteiger partial charge is 0.496 e. The molecule has 0 amide bonds. The smallest absolute Gasteiger partial charge is 0.180 e. The van der Waals surface area contributed by atoms with E-state index >= 15 is 0 Å². The number of carbonyl (C=O) groups excluding carboxylic acids is 1. The van der Waals surface area contributed by atoms with E-state index < -0.39 is 0 Å². The van der Waals surface area contributed by atoms with Gasteiger partial charge in [0.2, 0.25) is 0 Å². The number of benzene rings is 1. The summed E-state index contributed by atoms with van der Waals surface area (Å²) in [4.78, 5) is 11.8. The van der Waals surface area contributed by atoms with E-state index in [-0.39, 0.29) is 12.2 Å². The van der Waals surface area contributed by atoms with E-state index in [9.17, 15) is 4.79 Å². The molecule has 0 heterocycles. The number of methoxy groups -OCH3 is 2. The molecule has 0 atom stereocenters. The minimum Gasteiger partial charge on any atom is -0.496 e. The van der Waals surface area contributed by atoms with Gasteiger partial charge in [-0.1, -0.05) is 0 Å². The molecular formula is C13H15NO3. The fourth-order valence-electron chi connectivity index (χ4n) is 1.71. The van der Waals surface area contributed by atoms with Gasteiger partial charge in [-0.15, -0.1) is 0 Å². The fourth-order valence-corrected chi connectivity index (χ4v) is 1.71. The van der Waals surface area contributed by atoms with E-state index in [4.69, 9.17) is 14.7 Å². The molecule has 1 rings (SSSR count). The second-order valence-electron chi connectivity index (χ2n) is 3.67. The van der Waals surface area contributed by atoms with Gasteiger partial charge in [0.25, 0.3) is 0 Å². The number of ether oxygens (including phenoxy) is 2. The van der Waals surface area contributed by atoms with Gasteiger partial charge in [-0.25, -0.2) is 0 Å². The van der Waals surface area contributed by atoms with Crippen molar-refractivity contribution < 1.29 is 14.3 Å². The molecule has 1 aromatic rings. The Morgan fingerprint density at radius 3 is 2.41 bits per heavy atom. The maximum absolute atomic E-state index is 11.8. The van der Waals surface area contributed by atoms with Crippen LogP contribution in [0.2, 0.25) is 0 Å². The summed E-state index contributed by atoms with van der Waals surface area (Å²) >= 11 is 0. The molecule has 0 saturated carbocycles. The maximum atomic E-state index is 11.8. The summed E-state index contributed by atoms with van der Waals surface area (Å²) in [7, 11) is 3.06. The number of nitriles is 1.